The molecule has 2 aromatic rings. The monoisotopic (exact) mass is 1030 g/mol. The molecule has 1 aliphatic rings. The van der Waals surface area contributed by atoms with E-state index in [0.29, 0.717) is 29.3 Å². The molecule has 1 heterocycles. The highest BCUT2D eigenvalue weighted by Gasteiger charge is 2.39. The smallest absolute Gasteiger partial charge is 0.396 e. The zero-order chi connectivity index (χ0) is 55.9. The van der Waals surface area contributed by atoms with Crippen molar-refractivity contribution in [3.63, 3.8) is 0 Å². The van der Waals surface area contributed by atoms with Crippen molar-refractivity contribution in [1.29, 1.82) is 0 Å². The number of carbonyl (C=O) groups excluding carboxylic acids is 3. The highest BCUT2D eigenvalue weighted by Crippen LogP contribution is 2.50. The van der Waals surface area contributed by atoms with Crippen LogP contribution in [-0.4, -0.2) is 78.8 Å². The van der Waals surface area contributed by atoms with Crippen molar-refractivity contribution < 1.29 is 50.2 Å². The SMILES string of the molecule is CC.CC.CC(C)(CO)CS.CCC(C)/C=C(\C=C(\F)C(C)=O)c1cc(C(F)(F)F)nn1CC(C)(C)NC(=O)C(C)C/C(=C/NC(F)F)CNC.CCC(C)C=O.[B]c1ccc(C2CC2CCC)c(F)c1. The fourth-order valence-corrected chi connectivity index (χ4v) is 6.13. The van der Waals surface area contributed by atoms with Gasteiger partial charge in [-0.1, -0.05) is 126 Å². The number of halogens is 7. The summed E-state index contributed by atoms with van der Waals surface area (Å²) in [7, 11) is 7.13. The number of aldehydes is 1. The molecule has 5 atom stereocenters. The number of aromatic nitrogens is 2. The molecule has 71 heavy (non-hydrogen) atoms. The summed E-state index contributed by atoms with van der Waals surface area (Å²) in [6.45, 7) is 24.9. The Hall–Kier alpha value is -3.90. The first-order chi connectivity index (χ1) is 33.0. The second-order valence-electron chi connectivity index (χ2n) is 18.6. The van der Waals surface area contributed by atoms with Crippen molar-refractivity contribution in [2.75, 3.05) is 26.0 Å². The van der Waals surface area contributed by atoms with E-state index in [2.05, 4.69) is 35.3 Å². The second kappa shape index (κ2) is 36.9. The van der Waals surface area contributed by atoms with Gasteiger partial charge in [-0.25, -0.2) is 8.78 Å². The number of aliphatic hydroxyl groups excluding tert-OH is 1. The van der Waals surface area contributed by atoms with Crippen molar-refractivity contribution >= 4 is 49.5 Å². The van der Waals surface area contributed by atoms with Crippen molar-refractivity contribution in [3.05, 3.63) is 76.8 Å². The normalized spacial score (nSPS) is 16.1. The van der Waals surface area contributed by atoms with Crippen LogP contribution in [0.4, 0.5) is 30.7 Å². The number of aliphatic hydroxyl groups is 1. The van der Waals surface area contributed by atoms with Gasteiger partial charge >= 0.3 is 12.7 Å². The Kier molecular flexibility index (Phi) is 37.1. The lowest BCUT2D eigenvalue weighted by atomic mass is 9.93. The Bertz CT molecular complexity index is 1920. The van der Waals surface area contributed by atoms with Crippen molar-refractivity contribution in [1.82, 2.24) is 25.7 Å². The highest BCUT2D eigenvalue weighted by atomic mass is 32.1. The second-order valence-corrected chi connectivity index (χ2v) is 18.9. The number of alkyl halides is 5. The number of ketones is 1. The molecule has 3 rings (SSSR count). The molecule has 2 radical (unpaired) electrons. The van der Waals surface area contributed by atoms with E-state index in [1.807, 2.05) is 73.7 Å². The number of thiol groups is 1. The molecule has 0 saturated heterocycles. The minimum atomic E-state index is -4.80. The maximum absolute atomic E-state index is 14.4. The summed E-state index contributed by atoms with van der Waals surface area (Å²) in [5.41, 5.74) is -0.469. The van der Waals surface area contributed by atoms with E-state index in [1.54, 1.807) is 46.9 Å². The molecule has 9 nitrogen and oxygen atoms in total. The Morgan fingerprint density at radius 1 is 1.00 bits per heavy atom. The molecule has 0 aliphatic heterocycles. The molecule has 18 heteroatoms. The van der Waals surface area contributed by atoms with Crippen molar-refractivity contribution in [3.8, 4) is 0 Å². The van der Waals surface area contributed by atoms with Crippen LogP contribution in [0.25, 0.3) is 5.57 Å². The maximum Gasteiger partial charge on any atom is 0.435 e. The van der Waals surface area contributed by atoms with Gasteiger partial charge in [0.25, 0.3) is 0 Å². The summed E-state index contributed by atoms with van der Waals surface area (Å²) in [5, 5.41) is 19.8. The number of Topliss-reactive ketones (excluding diaryl/α,β-unsaturated/α-hetero) is 1. The molecular formula is C53H87BF7N5O4S. The molecule has 1 amide bonds. The lowest BCUT2D eigenvalue weighted by Gasteiger charge is -2.29. The van der Waals surface area contributed by atoms with Crippen LogP contribution in [0.5, 0.6) is 0 Å². The van der Waals surface area contributed by atoms with Gasteiger partial charge in [0.15, 0.2) is 17.3 Å². The lowest BCUT2D eigenvalue weighted by Crippen LogP contribution is -2.49. The van der Waals surface area contributed by atoms with Crippen LogP contribution in [0.15, 0.2) is 54.0 Å². The number of nitrogens with one attached hydrogen (secondary N) is 3. The van der Waals surface area contributed by atoms with Gasteiger partial charge in [0.1, 0.15) is 19.9 Å². The Morgan fingerprint density at radius 2 is 1.58 bits per heavy atom. The van der Waals surface area contributed by atoms with E-state index in [0.717, 1.165) is 60.4 Å². The van der Waals surface area contributed by atoms with Gasteiger partial charge in [-0.2, -0.15) is 39.7 Å². The minimum absolute atomic E-state index is 0.00309. The zero-order valence-corrected chi connectivity index (χ0v) is 46.3. The zero-order valence-electron chi connectivity index (χ0n) is 45.4. The molecule has 1 aromatic heterocycles. The van der Waals surface area contributed by atoms with Crippen LogP contribution in [0.1, 0.15) is 165 Å². The predicted molar refractivity (Wildman–Crippen MR) is 282 cm³/mol. The van der Waals surface area contributed by atoms with E-state index >= 15 is 0 Å². The van der Waals surface area contributed by atoms with Crippen LogP contribution >= 0.6 is 12.6 Å². The molecule has 1 fully saturated rings. The Labute approximate surface area is 429 Å². The van der Waals surface area contributed by atoms with Crippen molar-refractivity contribution in [2.45, 2.75) is 173 Å². The molecule has 406 valence electrons. The predicted octanol–water partition coefficient (Wildman–Crippen LogP) is 12.4. The summed E-state index contributed by atoms with van der Waals surface area (Å²) >= 11 is 4.02. The van der Waals surface area contributed by atoms with Gasteiger partial charge in [-0.05, 0) is 104 Å². The molecule has 4 N–H and O–H groups in total. The van der Waals surface area contributed by atoms with Crippen LogP contribution in [0.2, 0.25) is 0 Å². The summed E-state index contributed by atoms with van der Waals surface area (Å²) in [5.74, 6) is -1.24. The van der Waals surface area contributed by atoms with Gasteiger partial charge in [0, 0.05) is 38.1 Å². The Balaban J connectivity index is -0.00000119. The standard InChI is InChI=1S/C27H39F6N5O2.C12H14BF.C5H12OS.C5H10O.2C2H6/c1-8-16(2)9-20(11-21(28)18(4)39)22-12-23(27(31,32)33)37-38(22)15-26(5,6)36-24(40)17(3)10-19(13-34-7)14-35-25(29)30;1-2-3-8-6-11(8)10-5-4-9(13)7-12(10)14;1-5(2,3-6)4-7;1-3-5(2)4-6;2*1-2/h9,11-12,14,16-17,25,34-35H,8,10,13,15H2,1-7H3,(H,36,40);4-5,7-8,11H,2-3,6H2,1H3;6-7H,3-4H2,1-2H3;4-5H,3H2,1-2H3;2*1-2H3/b19-14-,20-9+,21-11+;;;;;. The number of benzene rings is 1. The van der Waals surface area contributed by atoms with Crippen molar-refractivity contribution in [2.24, 2.45) is 29.1 Å². The van der Waals surface area contributed by atoms with Gasteiger partial charge in [-0.3, -0.25) is 14.3 Å². The van der Waals surface area contributed by atoms with Crippen LogP contribution < -0.4 is 21.4 Å². The van der Waals surface area contributed by atoms with Gasteiger partial charge < -0.3 is 25.9 Å². The van der Waals surface area contributed by atoms with Crippen LogP contribution in [0, 0.1) is 34.9 Å². The first-order valence-electron chi connectivity index (χ1n) is 24.7. The van der Waals surface area contributed by atoms with E-state index in [-0.39, 0.29) is 60.5 Å². The summed E-state index contributed by atoms with van der Waals surface area (Å²) in [6, 6.07) is 5.84. The first-order valence-corrected chi connectivity index (χ1v) is 25.3. The summed E-state index contributed by atoms with van der Waals surface area (Å²) < 4.78 is 94.9. The molecule has 1 saturated carbocycles. The molecule has 0 bridgehead atoms. The number of carbonyl (C=O) groups is 3. The average molecular weight is 1030 g/mol. The molecule has 0 spiro atoms. The quantitative estimate of drug-likeness (QED) is 0.0151. The van der Waals surface area contributed by atoms with Crippen LogP contribution in [-0.2, 0) is 27.1 Å². The number of hydrogen-bond acceptors (Lipinski definition) is 8. The average Bonchev–Trinajstić information content (AvgIpc) is 3.94. The third-order valence-corrected chi connectivity index (χ3v) is 11.5. The van der Waals surface area contributed by atoms with Gasteiger partial charge in [0.2, 0.25) is 5.91 Å². The number of allylic oxidation sites excluding steroid dienone is 4. The minimum Gasteiger partial charge on any atom is -0.396 e. The third-order valence-electron chi connectivity index (χ3n) is 10.7. The van der Waals surface area contributed by atoms with Gasteiger partial charge in [-0.15, -0.1) is 0 Å². The fourth-order valence-electron chi connectivity index (χ4n) is 6.03. The Morgan fingerprint density at radius 3 is 1.99 bits per heavy atom. The van der Waals surface area contributed by atoms with E-state index in [4.69, 9.17) is 13.0 Å². The number of rotatable bonds is 22. The molecule has 1 aromatic carbocycles. The molecule has 1 aliphatic carbocycles. The summed E-state index contributed by atoms with van der Waals surface area (Å²) in [4.78, 5) is 34.3. The largest absolute Gasteiger partial charge is 0.435 e. The topological polar surface area (TPSA) is 125 Å². The number of likely N-dealkylation sites (N-methyl/N-ethyl adjacent to an activating group) is 1. The number of nitrogens with zero attached hydrogens (tertiary/aromatic N) is 2. The van der Waals surface area contributed by atoms with E-state index in [9.17, 15) is 45.1 Å². The highest BCUT2D eigenvalue weighted by molar-refractivity contribution is 7.80. The third kappa shape index (κ3) is 30.7. The lowest BCUT2D eigenvalue weighted by molar-refractivity contribution is -0.141. The van der Waals surface area contributed by atoms with E-state index in [1.165, 1.54) is 18.9 Å². The van der Waals surface area contributed by atoms with E-state index < -0.39 is 47.4 Å². The number of amides is 1. The fraction of sp³-hybridized carbons (Fsp3) is 0.660. The van der Waals surface area contributed by atoms with Gasteiger partial charge in [0.05, 0.1) is 17.8 Å². The number of hydrogen-bond donors (Lipinski definition) is 5. The molecule has 5 unspecified atom stereocenters. The maximum atomic E-state index is 14.4. The summed E-state index contributed by atoms with van der Waals surface area (Å²) in [6.07, 6.45) is 5.04. The molecular weight excluding hydrogens is 946 g/mol. The van der Waals surface area contributed by atoms with Crippen LogP contribution in [0.3, 0.4) is 0 Å². The first kappa shape index (κ1) is 71.4.